The Bertz CT molecular complexity index is 1010. The van der Waals surface area contributed by atoms with Crippen molar-refractivity contribution in [2.45, 2.75) is 39.7 Å². The maximum absolute atomic E-state index is 13.3. The van der Waals surface area contributed by atoms with Crippen LogP contribution >= 0.6 is 23.7 Å². The molecule has 0 unspecified atom stereocenters. The molecule has 0 saturated carbocycles. The molecule has 0 aliphatic carbocycles. The Hall–Kier alpha value is -1.96. The zero-order chi connectivity index (χ0) is 19.1. The third kappa shape index (κ3) is 3.66. The molecule has 1 N–H and O–H groups in total. The predicted octanol–water partition coefficient (Wildman–Crippen LogP) is 4.12. The number of carbonyl (C=O) groups excluding carboxylic acids is 1. The van der Waals surface area contributed by atoms with Crippen LogP contribution in [0.25, 0.3) is 22.4 Å². The quantitative estimate of drug-likeness (QED) is 0.690. The molecule has 6 nitrogen and oxygen atoms in total. The largest absolute Gasteiger partial charge is 0.339 e. The van der Waals surface area contributed by atoms with E-state index in [9.17, 15) is 4.79 Å². The summed E-state index contributed by atoms with van der Waals surface area (Å²) in [6.07, 6.45) is 1.93. The number of carbonyl (C=O) groups is 1. The molecule has 4 heterocycles. The van der Waals surface area contributed by atoms with Gasteiger partial charge in [-0.3, -0.25) is 4.79 Å². The summed E-state index contributed by atoms with van der Waals surface area (Å²) >= 11 is 1.73. The maximum Gasteiger partial charge on any atom is 0.259 e. The second-order valence-electron chi connectivity index (χ2n) is 7.19. The van der Waals surface area contributed by atoms with E-state index < -0.39 is 0 Å². The minimum atomic E-state index is 0. The lowest BCUT2D eigenvalue weighted by molar-refractivity contribution is 0.0709. The summed E-state index contributed by atoms with van der Waals surface area (Å²) in [5, 5.41) is 8.09. The van der Waals surface area contributed by atoms with Crippen LogP contribution in [0, 0.1) is 20.8 Å². The molecule has 4 rings (SSSR count). The van der Waals surface area contributed by atoms with Crippen LogP contribution in [-0.4, -0.2) is 47.1 Å². The normalized spacial score (nSPS) is 15.1. The molecular formula is C20H25ClN4O2S. The second-order valence-corrected chi connectivity index (χ2v) is 8.65. The lowest BCUT2D eigenvalue weighted by Gasteiger charge is -2.32. The van der Waals surface area contributed by atoms with Gasteiger partial charge in [0.1, 0.15) is 0 Å². The minimum absolute atomic E-state index is 0. The molecule has 1 amide bonds. The van der Waals surface area contributed by atoms with Crippen molar-refractivity contribution in [1.29, 1.82) is 0 Å². The first-order valence-corrected chi connectivity index (χ1v) is 10.1. The van der Waals surface area contributed by atoms with E-state index in [0.717, 1.165) is 42.6 Å². The molecule has 0 radical (unpaired) electrons. The van der Waals surface area contributed by atoms with Gasteiger partial charge in [0.25, 0.3) is 11.6 Å². The highest BCUT2D eigenvalue weighted by Crippen LogP contribution is 2.33. The molecular weight excluding hydrogens is 396 g/mol. The van der Waals surface area contributed by atoms with E-state index in [1.54, 1.807) is 11.3 Å². The van der Waals surface area contributed by atoms with Crippen molar-refractivity contribution in [3.05, 3.63) is 33.1 Å². The number of aryl methyl sites for hydroxylation is 3. The van der Waals surface area contributed by atoms with Crippen molar-refractivity contribution in [3.8, 4) is 11.3 Å². The van der Waals surface area contributed by atoms with E-state index in [1.807, 2.05) is 24.9 Å². The molecule has 150 valence electrons. The molecule has 0 atom stereocenters. The highest BCUT2D eigenvalue weighted by molar-refractivity contribution is 7.12. The number of rotatable bonds is 3. The van der Waals surface area contributed by atoms with Gasteiger partial charge in [-0.05, 0) is 52.8 Å². The Kier molecular flexibility index (Phi) is 6.07. The first-order valence-electron chi connectivity index (χ1n) is 9.29. The number of aromatic nitrogens is 2. The SMILES string of the molecule is CNC1CCN(C(=O)c2cc(-c3cc(C)sc3C)nc3onc(C)c23)CC1.Cl. The molecule has 1 aliphatic rings. The van der Waals surface area contributed by atoms with E-state index in [-0.39, 0.29) is 18.3 Å². The number of piperidine rings is 1. The molecule has 0 aromatic carbocycles. The lowest BCUT2D eigenvalue weighted by Crippen LogP contribution is -2.44. The third-order valence-corrected chi connectivity index (χ3v) is 6.32. The minimum Gasteiger partial charge on any atom is -0.339 e. The number of fused-ring (bicyclic) bond motifs is 1. The van der Waals surface area contributed by atoms with Gasteiger partial charge >= 0.3 is 0 Å². The number of halogens is 1. The van der Waals surface area contributed by atoms with E-state index in [4.69, 9.17) is 4.52 Å². The molecule has 1 aliphatic heterocycles. The van der Waals surface area contributed by atoms with Crippen molar-refractivity contribution in [1.82, 2.24) is 20.4 Å². The fourth-order valence-corrected chi connectivity index (χ4v) is 4.76. The van der Waals surface area contributed by atoms with Crippen LogP contribution in [0.4, 0.5) is 0 Å². The van der Waals surface area contributed by atoms with Crippen molar-refractivity contribution < 1.29 is 9.32 Å². The second kappa shape index (κ2) is 8.19. The van der Waals surface area contributed by atoms with E-state index in [2.05, 4.69) is 35.4 Å². The van der Waals surface area contributed by atoms with Crippen LogP contribution in [0.1, 0.15) is 38.6 Å². The van der Waals surface area contributed by atoms with E-state index in [0.29, 0.717) is 23.0 Å². The summed E-state index contributed by atoms with van der Waals surface area (Å²) in [5.74, 6) is 0.0362. The van der Waals surface area contributed by atoms with E-state index in [1.165, 1.54) is 9.75 Å². The lowest BCUT2D eigenvalue weighted by atomic mass is 10.0. The number of hydrogen-bond donors (Lipinski definition) is 1. The predicted molar refractivity (Wildman–Crippen MR) is 115 cm³/mol. The third-order valence-electron chi connectivity index (χ3n) is 5.35. The molecule has 1 fully saturated rings. The fourth-order valence-electron chi connectivity index (χ4n) is 3.83. The topological polar surface area (TPSA) is 71.3 Å². The summed E-state index contributed by atoms with van der Waals surface area (Å²) in [6, 6.07) is 4.51. The Morgan fingerprint density at radius 2 is 1.96 bits per heavy atom. The van der Waals surface area contributed by atoms with Gasteiger partial charge in [0.2, 0.25) is 0 Å². The van der Waals surface area contributed by atoms with Crippen molar-refractivity contribution in [2.24, 2.45) is 0 Å². The van der Waals surface area contributed by atoms with E-state index >= 15 is 0 Å². The number of hydrogen-bond acceptors (Lipinski definition) is 6. The van der Waals surface area contributed by atoms with Gasteiger partial charge in [0.05, 0.1) is 22.3 Å². The van der Waals surface area contributed by atoms with Crippen LogP contribution in [0.3, 0.4) is 0 Å². The molecule has 8 heteroatoms. The van der Waals surface area contributed by atoms with Crippen molar-refractivity contribution in [3.63, 3.8) is 0 Å². The molecule has 0 spiro atoms. The number of amides is 1. The first-order chi connectivity index (χ1) is 13.0. The average Bonchev–Trinajstić information content (AvgIpc) is 3.22. The highest BCUT2D eigenvalue weighted by atomic mass is 35.5. The first kappa shape index (κ1) is 20.8. The van der Waals surface area contributed by atoms with Crippen LogP contribution in [0.2, 0.25) is 0 Å². The van der Waals surface area contributed by atoms with Crippen molar-refractivity contribution in [2.75, 3.05) is 20.1 Å². The average molecular weight is 421 g/mol. The van der Waals surface area contributed by atoms with Gasteiger partial charge in [-0.2, -0.15) is 0 Å². The van der Waals surface area contributed by atoms with Gasteiger partial charge in [-0.15, -0.1) is 23.7 Å². The fraction of sp³-hybridized carbons (Fsp3) is 0.450. The maximum atomic E-state index is 13.3. The Balaban J connectivity index is 0.00000225. The standard InChI is InChI=1S/C20H24N4O2S.ClH/c1-11-9-15(13(3)27-11)17-10-16(18-12(2)23-26-19(18)22-17)20(25)24-7-5-14(21-4)6-8-24;/h9-10,14,21H,5-8H2,1-4H3;1H. The van der Waals surface area contributed by atoms with Gasteiger partial charge in [0, 0.05) is 34.4 Å². The monoisotopic (exact) mass is 420 g/mol. The Labute approximate surface area is 174 Å². The Morgan fingerprint density at radius 1 is 1.25 bits per heavy atom. The van der Waals surface area contributed by atoms with Gasteiger partial charge in [0.15, 0.2) is 0 Å². The summed E-state index contributed by atoms with van der Waals surface area (Å²) in [5.41, 5.74) is 3.60. The zero-order valence-electron chi connectivity index (χ0n) is 16.5. The molecule has 3 aromatic heterocycles. The molecule has 0 bridgehead atoms. The summed E-state index contributed by atoms with van der Waals surface area (Å²) in [4.78, 5) is 22.3. The van der Waals surface area contributed by atoms with Crippen molar-refractivity contribution >= 4 is 40.8 Å². The number of pyridine rings is 1. The van der Waals surface area contributed by atoms with Gasteiger partial charge in [-0.25, -0.2) is 4.98 Å². The molecule has 3 aromatic rings. The Morgan fingerprint density at radius 3 is 2.57 bits per heavy atom. The smallest absolute Gasteiger partial charge is 0.259 e. The van der Waals surface area contributed by atoms with Gasteiger partial charge in [-0.1, -0.05) is 5.16 Å². The van der Waals surface area contributed by atoms with Crippen LogP contribution in [0.5, 0.6) is 0 Å². The summed E-state index contributed by atoms with van der Waals surface area (Å²) in [6.45, 7) is 7.52. The number of likely N-dealkylation sites (tertiary alicyclic amines) is 1. The summed E-state index contributed by atoms with van der Waals surface area (Å²) < 4.78 is 5.43. The zero-order valence-corrected chi connectivity index (χ0v) is 18.2. The van der Waals surface area contributed by atoms with Gasteiger partial charge < -0.3 is 14.7 Å². The van der Waals surface area contributed by atoms with Crippen LogP contribution < -0.4 is 5.32 Å². The number of nitrogens with zero attached hydrogens (tertiary/aromatic N) is 3. The van der Waals surface area contributed by atoms with Crippen LogP contribution in [0.15, 0.2) is 16.7 Å². The summed E-state index contributed by atoms with van der Waals surface area (Å²) in [7, 11) is 1.98. The molecule has 28 heavy (non-hydrogen) atoms. The number of nitrogens with one attached hydrogen (secondary N) is 1. The molecule has 1 saturated heterocycles. The highest BCUT2D eigenvalue weighted by Gasteiger charge is 2.27. The van der Waals surface area contributed by atoms with Crippen LogP contribution in [-0.2, 0) is 0 Å². The number of thiophene rings is 1.